The summed E-state index contributed by atoms with van der Waals surface area (Å²) in [4.78, 5) is 0.454. The number of benzene rings is 1. The maximum Gasteiger partial charge on any atom is 0.178 e. The molecule has 1 fully saturated rings. The van der Waals surface area contributed by atoms with Gasteiger partial charge in [-0.25, -0.2) is 8.42 Å². The van der Waals surface area contributed by atoms with E-state index in [0.29, 0.717) is 4.90 Å². The van der Waals surface area contributed by atoms with Gasteiger partial charge in [-0.3, -0.25) is 0 Å². The molecule has 0 amide bonds. The molecule has 1 aromatic rings. The van der Waals surface area contributed by atoms with Gasteiger partial charge in [-0.1, -0.05) is 40.0 Å². The molecular weight excluding hydrogens is 300 g/mol. The Morgan fingerprint density at radius 1 is 1.24 bits per heavy atom. The molecule has 0 aliphatic heterocycles. The van der Waals surface area contributed by atoms with Crippen molar-refractivity contribution in [3.63, 3.8) is 0 Å². The molecule has 0 heterocycles. The van der Waals surface area contributed by atoms with E-state index < -0.39 is 9.84 Å². The van der Waals surface area contributed by atoms with E-state index in [1.165, 1.54) is 0 Å². The second-order valence-corrected chi connectivity index (χ2v) is 7.61. The van der Waals surface area contributed by atoms with E-state index >= 15 is 0 Å². The summed E-state index contributed by atoms with van der Waals surface area (Å²) in [7, 11) is -3.14. The van der Waals surface area contributed by atoms with Crippen molar-refractivity contribution in [1.29, 1.82) is 0 Å². The van der Waals surface area contributed by atoms with E-state index in [1.54, 1.807) is 12.1 Å². The first-order chi connectivity index (χ1) is 7.97. The first-order valence-corrected chi connectivity index (χ1v) is 8.60. The highest BCUT2D eigenvalue weighted by molar-refractivity contribution is 9.09. The third-order valence-electron chi connectivity index (χ3n) is 3.57. The Balaban J connectivity index is 2.22. The van der Waals surface area contributed by atoms with E-state index in [2.05, 4.69) is 15.9 Å². The summed E-state index contributed by atoms with van der Waals surface area (Å²) in [5.74, 6) is 0.272. The predicted octanol–water partition coefficient (Wildman–Crippen LogP) is 3.33. The number of rotatable bonds is 4. The van der Waals surface area contributed by atoms with Crippen LogP contribution >= 0.6 is 15.9 Å². The largest absolute Gasteiger partial charge is 0.224 e. The lowest BCUT2D eigenvalue weighted by Crippen LogP contribution is -2.38. The molecule has 1 aromatic carbocycles. The summed E-state index contributed by atoms with van der Waals surface area (Å²) in [6, 6.07) is 7.14. The normalized spacial score (nSPS) is 18.7. The molecular formula is C13H17BrO2S. The third-order valence-corrected chi connectivity index (χ3v) is 6.75. The van der Waals surface area contributed by atoms with Crippen molar-refractivity contribution in [3.05, 3.63) is 29.8 Å². The van der Waals surface area contributed by atoms with Crippen LogP contribution in [0.4, 0.5) is 0 Å². The maximum atomic E-state index is 12.3. The molecule has 0 aromatic heterocycles. The second kappa shape index (κ2) is 4.73. The van der Waals surface area contributed by atoms with Crippen molar-refractivity contribution in [2.75, 3.05) is 11.1 Å². The number of hydrogen-bond acceptors (Lipinski definition) is 2. The number of aryl methyl sites for hydroxylation is 1. The zero-order valence-electron chi connectivity index (χ0n) is 9.95. The summed E-state index contributed by atoms with van der Waals surface area (Å²) in [6.07, 6.45) is 3.18. The molecule has 0 radical (unpaired) electrons. The highest BCUT2D eigenvalue weighted by Crippen LogP contribution is 2.44. The van der Waals surface area contributed by atoms with Crippen molar-refractivity contribution in [3.8, 4) is 0 Å². The molecule has 1 aliphatic rings. The van der Waals surface area contributed by atoms with Crippen molar-refractivity contribution in [2.24, 2.45) is 5.41 Å². The van der Waals surface area contributed by atoms with E-state index in [-0.39, 0.29) is 11.2 Å². The van der Waals surface area contributed by atoms with Gasteiger partial charge in [0.15, 0.2) is 9.84 Å². The Morgan fingerprint density at radius 3 is 2.24 bits per heavy atom. The van der Waals surface area contributed by atoms with Crippen molar-refractivity contribution >= 4 is 25.8 Å². The molecule has 17 heavy (non-hydrogen) atoms. The van der Waals surface area contributed by atoms with Gasteiger partial charge in [0, 0.05) is 5.33 Å². The molecule has 0 bridgehead atoms. The fourth-order valence-electron chi connectivity index (χ4n) is 2.23. The van der Waals surface area contributed by atoms with E-state index in [9.17, 15) is 8.42 Å². The summed E-state index contributed by atoms with van der Waals surface area (Å²) in [5.41, 5.74) is 1.06. The van der Waals surface area contributed by atoms with Crippen molar-refractivity contribution in [2.45, 2.75) is 31.1 Å². The highest BCUT2D eigenvalue weighted by atomic mass is 79.9. The zero-order valence-corrected chi connectivity index (χ0v) is 12.4. The molecule has 1 aliphatic carbocycles. The van der Waals surface area contributed by atoms with Gasteiger partial charge in [0.2, 0.25) is 0 Å². The SMILES string of the molecule is Cc1ccc(S(=O)(=O)CC2(CBr)CCC2)cc1. The number of sulfone groups is 1. The van der Waals surface area contributed by atoms with Gasteiger partial charge in [0.1, 0.15) is 0 Å². The number of alkyl halides is 1. The smallest absolute Gasteiger partial charge is 0.178 e. The Hall–Kier alpha value is -0.350. The quantitative estimate of drug-likeness (QED) is 0.798. The minimum Gasteiger partial charge on any atom is -0.224 e. The molecule has 2 rings (SSSR count). The second-order valence-electron chi connectivity index (χ2n) is 5.06. The van der Waals surface area contributed by atoms with Gasteiger partial charge < -0.3 is 0 Å². The number of halogens is 1. The van der Waals surface area contributed by atoms with Crippen molar-refractivity contribution in [1.82, 2.24) is 0 Å². The van der Waals surface area contributed by atoms with Gasteiger partial charge in [-0.05, 0) is 37.3 Å². The molecule has 0 atom stereocenters. The highest BCUT2D eigenvalue weighted by Gasteiger charge is 2.40. The van der Waals surface area contributed by atoms with Crippen LogP contribution in [0.3, 0.4) is 0 Å². The van der Waals surface area contributed by atoms with Gasteiger partial charge in [-0.15, -0.1) is 0 Å². The summed E-state index contributed by atoms with van der Waals surface area (Å²) < 4.78 is 24.6. The van der Waals surface area contributed by atoms with Gasteiger partial charge in [0.05, 0.1) is 10.6 Å². The minimum absolute atomic E-state index is 0.0241. The molecule has 4 heteroatoms. The van der Waals surface area contributed by atoms with Crippen LogP contribution in [0.25, 0.3) is 0 Å². The predicted molar refractivity (Wildman–Crippen MR) is 73.3 cm³/mol. The number of hydrogen-bond donors (Lipinski definition) is 0. The molecule has 94 valence electrons. The van der Waals surface area contributed by atoms with Crippen LogP contribution < -0.4 is 0 Å². The lowest BCUT2D eigenvalue weighted by Gasteiger charge is -2.40. The van der Waals surface area contributed by atoms with E-state index in [0.717, 1.165) is 30.2 Å². The lowest BCUT2D eigenvalue weighted by atomic mass is 9.72. The zero-order chi connectivity index (χ0) is 12.5. The molecule has 0 N–H and O–H groups in total. The van der Waals surface area contributed by atoms with E-state index in [1.807, 2.05) is 19.1 Å². The lowest BCUT2D eigenvalue weighted by molar-refractivity contribution is 0.203. The third kappa shape index (κ3) is 2.74. The Bertz CT molecular complexity index is 481. The maximum absolute atomic E-state index is 12.3. The fraction of sp³-hybridized carbons (Fsp3) is 0.538. The first kappa shape index (κ1) is 13.1. The fourth-order valence-corrected chi connectivity index (χ4v) is 5.16. The molecule has 0 saturated heterocycles. The van der Waals surface area contributed by atoms with Gasteiger partial charge in [0.25, 0.3) is 0 Å². The van der Waals surface area contributed by atoms with E-state index in [4.69, 9.17) is 0 Å². The topological polar surface area (TPSA) is 34.1 Å². The Kier molecular flexibility index (Phi) is 3.64. The molecule has 0 unspecified atom stereocenters. The summed E-state index contributed by atoms with van der Waals surface area (Å²) >= 11 is 3.46. The van der Waals surface area contributed by atoms with Gasteiger partial charge in [-0.2, -0.15) is 0 Å². The van der Waals surface area contributed by atoms with Gasteiger partial charge >= 0.3 is 0 Å². The van der Waals surface area contributed by atoms with Crippen LogP contribution in [0.15, 0.2) is 29.2 Å². The Morgan fingerprint density at radius 2 is 1.82 bits per heavy atom. The molecule has 1 saturated carbocycles. The average molecular weight is 317 g/mol. The first-order valence-electron chi connectivity index (χ1n) is 5.83. The van der Waals surface area contributed by atoms with Crippen LogP contribution in [0.1, 0.15) is 24.8 Å². The van der Waals surface area contributed by atoms with Crippen LogP contribution in [-0.4, -0.2) is 19.5 Å². The van der Waals surface area contributed by atoms with Crippen molar-refractivity contribution < 1.29 is 8.42 Å². The standard InChI is InChI=1S/C13H17BrO2S/c1-11-3-5-12(6-4-11)17(15,16)10-13(9-14)7-2-8-13/h3-6H,2,7-10H2,1H3. The molecule has 0 spiro atoms. The van der Waals surface area contributed by atoms with Crippen LogP contribution in [0.2, 0.25) is 0 Å². The summed E-state index contributed by atoms with van der Waals surface area (Å²) in [5, 5.41) is 0.783. The van der Waals surface area contributed by atoms with Crippen LogP contribution in [0.5, 0.6) is 0 Å². The average Bonchev–Trinajstić information content (AvgIpc) is 2.24. The Labute approximate surface area is 111 Å². The summed E-state index contributed by atoms with van der Waals surface area (Å²) in [6.45, 7) is 1.96. The van der Waals surface area contributed by atoms with Crippen LogP contribution in [0, 0.1) is 12.3 Å². The monoisotopic (exact) mass is 316 g/mol. The minimum atomic E-state index is -3.14. The van der Waals surface area contributed by atoms with Crippen LogP contribution in [-0.2, 0) is 9.84 Å². The molecule has 2 nitrogen and oxygen atoms in total.